The fourth-order valence-corrected chi connectivity index (χ4v) is 4.69. The first kappa shape index (κ1) is 19.9. The summed E-state index contributed by atoms with van der Waals surface area (Å²) in [6, 6.07) is 23.3. The molecule has 4 nitrogen and oxygen atoms in total. The van der Waals surface area contributed by atoms with E-state index >= 15 is 0 Å². The minimum atomic E-state index is -1.04. The molecule has 0 spiro atoms. The molecular weight excluding hydrogens is 374 g/mol. The molecule has 0 saturated carbocycles. The minimum Gasteiger partial charge on any atom is -0.480 e. The summed E-state index contributed by atoms with van der Waals surface area (Å²) in [7, 11) is 0. The van der Waals surface area contributed by atoms with Gasteiger partial charge in [-0.25, -0.2) is 4.79 Å². The molecule has 2 atom stereocenters. The van der Waals surface area contributed by atoms with Gasteiger partial charge in [0.15, 0.2) is 0 Å². The van der Waals surface area contributed by atoms with Gasteiger partial charge in [0.05, 0.1) is 0 Å². The third-order valence-electron chi connectivity index (χ3n) is 6.12. The average molecular weight is 399 g/mol. The summed E-state index contributed by atoms with van der Waals surface area (Å²) in [5, 5.41) is 12.6. The Hall–Kier alpha value is -3.40. The number of benzene rings is 3. The van der Waals surface area contributed by atoms with Gasteiger partial charge in [-0.3, -0.25) is 4.79 Å². The number of nitrogens with one attached hydrogen (secondary N) is 1. The van der Waals surface area contributed by atoms with Crippen LogP contribution in [0.1, 0.15) is 48.9 Å². The third-order valence-corrected chi connectivity index (χ3v) is 6.12. The Kier molecular flexibility index (Phi) is 4.94. The van der Waals surface area contributed by atoms with E-state index in [2.05, 4.69) is 37.4 Å². The van der Waals surface area contributed by atoms with Crippen molar-refractivity contribution in [3.05, 3.63) is 95.1 Å². The first-order valence-electron chi connectivity index (χ1n) is 10.1. The summed E-state index contributed by atoms with van der Waals surface area (Å²) in [4.78, 5) is 23.9. The first-order valence-corrected chi connectivity index (χ1v) is 10.1. The Bertz CT molecular complexity index is 1120. The summed E-state index contributed by atoms with van der Waals surface area (Å²) in [5.41, 5.74) is 6.05. The molecular formula is C26H25NO3. The second kappa shape index (κ2) is 7.45. The van der Waals surface area contributed by atoms with Crippen LogP contribution in [0.4, 0.5) is 0 Å². The van der Waals surface area contributed by atoms with Gasteiger partial charge in [0.25, 0.3) is 0 Å². The van der Waals surface area contributed by atoms with Gasteiger partial charge >= 0.3 is 5.97 Å². The zero-order valence-electron chi connectivity index (χ0n) is 17.3. The van der Waals surface area contributed by atoms with Crippen molar-refractivity contribution < 1.29 is 14.7 Å². The van der Waals surface area contributed by atoms with Gasteiger partial charge in [-0.1, -0.05) is 86.6 Å². The van der Waals surface area contributed by atoms with E-state index in [0.29, 0.717) is 0 Å². The Morgan fingerprint density at radius 2 is 1.53 bits per heavy atom. The van der Waals surface area contributed by atoms with E-state index in [1.807, 2.05) is 54.6 Å². The van der Waals surface area contributed by atoms with Crippen molar-refractivity contribution in [2.24, 2.45) is 0 Å². The molecule has 0 radical (unpaired) electrons. The fourth-order valence-electron chi connectivity index (χ4n) is 4.69. The molecule has 30 heavy (non-hydrogen) atoms. The van der Waals surface area contributed by atoms with E-state index in [1.54, 1.807) is 0 Å². The molecule has 0 bridgehead atoms. The highest BCUT2D eigenvalue weighted by molar-refractivity contribution is 5.89. The zero-order valence-corrected chi connectivity index (χ0v) is 17.3. The van der Waals surface area contributed by atoms with E-state index in [1.165, 1.54) is 12.5 Å². The smallest absolute Gasteiger partial charge is 0.327 e. The minimum absolute atomic E-state index is 0.276. The molecule has 0 aliphatic heterocycles. The van der Waals surface area contributed by atoms with Crippen LogP contribution in [-0.4, -0.2) is 23.0 Å². The molecule has 3 aromatic carbocycles. The van der Waals surface area contributed by atoms with Gasteiger partial charge in [-0.15, -0.1) is 0 Å². The predicted octanol–water partition coefficient (Wildman–Crippen LogP) is 4.71. The molecule has 0 aromatic heterocycles. The molecule has 4 heteroatoms. The normalized spacial score (nSPS) is 15.8. The Balaban J connectivity index is 1.96. The lowest BCUT2D eigenvalue weighted by atomic mass is 9.74. The molecule has 3 aromatic rings. The Labute approximate surface area is 176 Å². The van der Waals surface area contributed by atoms with Crippen LogP contribution in [0, 0.1) is 0 Å². The first-order chi connectivity index (χ1) is 14.3. The number of rotatable bonds is 5. The highest BCUT2D eigenvalue weighted by Gasteiger charge is 2.41. The molecule has 0 heterocycles. The highest BCUT2D eigenvalue weighted by Crippen LogP contribution is 2.51. The van der Waals surface area contributed by atoms with Gasteiger partial charge in [0.2, 0.25) is 5.91 Å². The fraction of sp³-hybridized carbons (Fsp3) is 0.231. The Morgan fingerprint density at radius 1 is 0.900 bits per heavy atom. The summed E-state index contributed by atoms with van der Waals surface area (Å²) in [6.45, 7) is 5.74. The van der Waals surface area contributed by atoms with E-state index in [4.69, 9.17) is 0 Å². The summed E-state index contributed by atoms with van der Waals surface area (Å²) in [6.07, 6.45) is 0. The molecule has 2 N–H and O–H groups in total. The van der Waals surface area contributed by atoms with Gasteiger partial charge < -0.3 is 10.4 Å². The topological polar surface area (TPSA) is 66.4 Å². The van der Waals surface area contributed by atoms with Gasteiger partial charge in [-0.05, 0) is 33.4 Å². The SMILES string of the molecule is CC(=O)NC(C(=O)O)C1c2ccccc2-c2c1cccc2C(C)(C)c1ccccc1. The predicted molar refractivity (Wildman–Crippen MR) is 118 cm³/mol. The molecule has 4 rings (SSSR count). The quantitative estimate of drug-likeness (QED) is 0.653. The highest BCUT2D eigenvalue weighted by atomic mass is 16.4. The van der Waals surface area contributed by atoms with E-state index in [0.717, 1.165) is 27.8 Å². The second-order valence-electron chi connectivity index (χ2n) is 8.34. The van der Waals surface area contributed by atoms with Crippen molar-refractivity contribution in [1.29, 1.82) is 0 Å². The maximum Gasteiger partial charge on any atom is 0.327 e. The number of hydrogen-bond acceptors (Lipinski definition) is 2. The molecule has 152 valence electrons. The molecule has 1 aliphatic rings. The number of amides is 1. The van der Waals surface area contributed by atoms with Crippen LogP contribution >= 0.6 is 0 Å². The number of carbonyl (C=O) groups excluding carboxylic acids is 1. The van der Waals surface area contributed by atoms with Crippen molar-refractivity contribution in [3.63, 3.8) is 0 Å². The average Bonchev–Trinajstić information content (AvgIpc) is 3.06. The van der Waals surface area contributed by atoms with E-state index < -0.39 is 17.9 Å². The number of carboxylic acid groups (broad SMARTS) is 1. The maximum atomic E-state index is 12.1. The van der Waals surface area contributed by atoms with Crippen LogP contribution in [0.25, 0.3) is 11.1 Å². The van der Waals surface area contributed by atoms with Crippen molar-refractivity contribution in [3.8, 4) is 11.1 Å². The van der Waals surface area contributed by atoms with Crippen LogP contribution in [0.2, 0.25) is 0 Å². The third kappa shape index (κ3) is 3.18. The summed E-state index contributed by atoms with van der Waals surface area (Å²) < 4.78 is 0. The maximum absolute atomic E-state index is 12.1. The second-order valence-corrected chi connectivity index (χ2v) is 8.34. The number of aliphatic carboxylic acids is 1. The van der Waals surface area contributed by atoms with E-state index in [-0.39, 0.29) is 11.3 Å². The van der Waals surface area contributed by atoms with Crippen LogP contribution in [-0.2, 0) is 15.0 Å². The van der Waals surface area contributed by atoms with Crippen molar-refractivity contribution >= 4 is 11.9 Å². The van der Waals surface area contributed by atoms with Crippen LogP contribution in [0.15, 0.2) is 72.8 Å². The largest absolute Gasteiger partial charge is 0.480 e. The van der Waals surface area contributed by atoms with Gasteiger partial charge in [-0.2, -0.15) is 0 Å². The molecule has 0 fully saturated rings. The summed E-state index contributed by atoms with van der Waals surface area (Å²) in [5.74, 6) is -1.83. The zero-order chi connectivity index (χ0) is 21.5. The molecule has 1 amide bonds. The number of carbonyl (C=O) groups is 2. The standard InChI is InChI=1S/C26H25NO3/c1-16(28)27-24(25(29)30)23-19-13-8-7-12-18(19)22-20(23)14-9-15-21(22)26(2,3)17-10-5-4-6-11-17/h4-15,23-24H,1-3H3,(H,27,28)(H,29,30). The van der Waals surface area contributed by atoms with Gasteiger partial charge in [0.1, 0.15) is 6.04 Å². The van der Waals surface area contributed by atoms with Crippen LogP contribution < -0.4 is 5.32 Å². The molecule has 0 saturated heterocycles. The van der Waals surface area contributed by atoms with Crippen molar-refractivity contribution in [1.82, 2.24) is 5.32 Å². The van der Waals surface area contributed by atoms with Crippen LogP contribution in [0.5, 0.6) is 0 Å². The Morgan fingerprint density at radius 3 is 2.20 bits per heavy atom. The lowest BCUT2D eigenvalue weighted by Crippen LogP contribution is -2.44. The number of carboxylic acids is 1. The molecule has 2 unspecified atom stereocenters. The van der Waals surface area contributed by atoms with E-state index in [9.17, 15) is 14.7 Å². The van der Waals surface area contributed by atoms with Gasteiger partial charge in [0, 0.05) is 18.3 Å². The van der Waals surface area contributed by atoms with Crippen molar-refractivity contribution in [2.75, 3.05) is 0 Å². The molecule has 1 aliphatic carbocycles. The summed E-state index contributed by atoms with van der Waals surface area (Å²) >= 11 is 0. The lowest BCUT2D eigenvalue weighted by Gasteiger charge is -2.29. The monoisotopic (exact) mass is 399 g/mol. The van der Waals surface area contributed by atoms with Crippen LogP contribution in [0.3, 0.4) is 0 Å². The number of hydrogen-bond donors (Lipinski definition) is 2. The number of fused-ring (bicyclic) bond motifs is 3. The lowest BCUT2D eigenvalue weighted by molar-refractivity contribution is -0.141. The van der Waals surface area contributed by atoms with Crippen molar-refractivity contribution in [2.45, 2.75) is 38.1 Å².